The molecule has 0 radical (unpaired) electrons. The van der Waals surface area contributed by atoms with Crippen LogP contribution in [0, 0.1) is 0 Å². The van der Waals surface area contributed by atoms with Crippen molar-refractivity contribution in [3.8, 4) is 0 Å². The highest BCUT2D eigenvalue weighted by Gasteiger charge is 2.25. The Bertz CT molecular complexity index is 663. The molecule has 1 unspecified atom stereocenters. The average Bonchev–Trinajstić information content (AvgIpc) is 2.80. The second-order valence-electron chi connectivity index (χ2n) is 5.11. The highest BCUT2D eigenvalue weighted by Crippen LogP contribution is 2.16. The molecule has 1 aromatic heterocycles. The van der Waals surface area contributed by atoms with Crippen molar-refractivity contribution in [3.63, 3.8) is 0 Å². The fourth-order valence-electron chi connectivity index (χ4n) is 1.89. The summed E-state index contributed by atoms with van der Waals surface area (Å²) in [5.74, 6) is -1.74. The maximum absolute atomic E-state index is 12.2. The van der Waals surface area contributed by atoms with E-state index in [0.29, 0.717) is 12.8 Å². The minimum Gasteiger partial charge on any atom is -0.480 e. The third-order valence-electron chi connectivity index (χ3n) is 3.17. The van der Waals surface area contributed by atoms with E-state index >= 15 is 0 Å². The first kappa shape index (κ1) is 18.2. The van der Waals surface area contributed by atoms with Gasteiger partial charge in [0, 0.05) is 27.3 Å². The lowest BCUT2D eigenvalue weighted by Crippen LogP contribution is -2.41. The summed E-state index contributed by atoms with van der Waals surface area (Å²) in [5.41, 5.74) is 0.0859. The summed E-state index contributed by atoms with van der Waals surface area (Å²) >= 11 is 0. The summed E-state index contributed by atoms with van der Waals surface area (Å²) in [6.07, 6.45) is 2.22. The fraction of sp³-hybridized carbons (Fsp3) is 0.538. The predicted octanol–water partition coefficient (Wildman–Crippen LogP) is 0.259. The maximum Gasteiger partial charge on any atom is 0.326 e. The van der Waals surface area contributed by atoms with Crippen LogP contribution >= 0.6 is 0 Å². The number of carboxylic acid groups (broad SMARTS) is 1. The van der Waals surface area contributed by atoms with E-state index in [4.69, 9.17) is 5.11 Å². The Morgan fingerprint density at radius 2 is 2.00 bits per heavy atom. The molecule has 8 nitrogen and oxygen atoms in total. The van der Waals surface area contributed by atoms with Gasteiger partial charge in [0.05, 0.1) is 0 Å². The van der Waals surface area contributed by atoms with E-state index in [2.05, 4.69) is 5.32 Å². The minimum atomic E-state index is -3.65. The topological polar surface area (TPSA) is 109 Å². The highest BCUT2D eigenvalue weighted by atomic mass is 32.2. The zero-order valence-corrected chi connectivity index (χ0v) is 13.8. The second-order valence-corrected chi connectivity index (χ2v) is 7.26. The molecule has 0 saturated carbocycles. The number of carboxylic acids is 1. The molecule has 1 heterocycles. The molecular formula is C13H21N3O5S. The molecule has 0 spiro atoms. The number of hydrogen-bond donors (Lipinski definition) is 2. The van der Waals surface area contributed by atoms with Gasteiger partial charge in [-0.05, 0) is 12.5 Å². The zero-order valence-electron chi connectivity index (χ0n) is 13.0. The summed E-state index contributed by atoms with van der Waals surface area (Å²) in [6, 6.07) is 0.233. The third kappa shape index (κ3) is 3.86. The van der Waals surface area contributed by atoms with Crippen LogP contribution in [0.2, 0.25) is 0 Å². The summed E-state index contributed by atoms with van der Waals surface area (Å²) in [7, 11) is 0.661. The van der Waals surface area contributed by atoms with Crippen LogP contribution in [0.3, 0.4) is 0 Å². The van der Waals surface area contributed by atoms with Crippen LogP contribution in [0.1, 0.15) is 30.3 Å². The van der Waals surface area contributed by atoms with Crippen LogP contribution in [0.4, 0.5) is 0 Å². The number of aryl methyl sites for hydroxylation is 1. The van der Waals surface area contributed by atoms with E-state index in [1.165, 1.54) is 38.0 Å². The maximum atomic E-state index is 12.2. The van der Waals surface area contributed by atoms with Crippen LogP contribution in [0.15, 0.2) is 17.2 Å². The number of carbonyl (C=O) groups is 2. The van der Waals surface area contributed by atoms with Crippen molar-refractivity contribution in [3.05, 3.63) is 18.0 Å². The number of amides is 1. The predicted molar refractivity (Wildman–Crippen MR) is 80.1 cm³/mol. The van der Waals surface area contributed by atoms with Crippen molar-refractivity contribution in [1.82, 2.24) is 14.2 Å². The lowest BCUT2D eigenvalue weighted by atomic mass is 10.1. The number of carbonyl (C=O) groups excluding carboxylic acids is 1. The SMILES string of the molecule is CCCC(NC(=O)c1cc(S(=O)(=O)N(C)C)cn1C)C(=O)O. The minimum absolute atomic E-state index is 0.0208. The number of nitrogens with zero attached hydrogens (tertiary/aromatic N) is 2. The van der Waals surface area contributed by atoms with Crippen LogP contribution in [0.5, 0.6) is 0 Å². The number of aromatic nitrogens is 1. The van der Waals surface area contributed by atoms with Crippen LogP contribution in [0.25, 0.3) is 0 Å². The van der Waals surface area contributed by atoms with E-state index < -0.39 is 27.9 Å². The fourth-order valence-corrected chi connectivity index (χ4v) is 2.86. The van der Waals surface area contributed by atoms with Crippen LogP contribution in [-0.2, 0) is 21.9 Å². The molecule has 0 bridgehead atoms. The molecule has 2 N–H and O–H groups in total. The standard InChI is InChI=1S/C13H21N3O5S/c1-5-6-10(13(18)19)14-12(17)11-7-9(8-16(11)4)22(20,21)15(2)3/h7-8,10H,5-6H2,1-4H3,(H,14,17)(H,18,19). The lowest BCUT2D eigenvalue weighted by Gasteiger charge is -2.13. The average molecular weight is 331 g/mol. The van der Waals surface area contributed by atoms with Crippen molar-refractivity contribution < 1.29 is 23.1 Å². The molecule has 1 rings (SSSR count). The number of nitrogens with one attached hydrogen (secondary N) is 1. The van der Waals surface area contributed by atoms with E-state index in [-0.39, 0.29) is 10.6 Å². The Labute approximate surface area is 129 Å². The summed E-state index contributed by atoms with van der Waals surface area (Å²) in [5, 5.41) is 11.5. The van der Waals surface area contributed by atoms with E-state index in [9.17, 15) is 18.0 Å². The molecule has 0 saturated heterocycles. The normalized spacial score (nSPS) is 13.1. The molecule has 0 aliphatic carbocycles. The number of hydrogen-bond acceptors (Lipinski definition) is 4. The van der Waals surface area contributed by atoms with Crippen molar-refractivity contribution in [1.29, 1.82) is 0 Å². The van der Waals surface area contributed by atoms with Gasteiger partial charge >= 0.3 is 5.97 Å². The smallest absolute Gasteiger partial charge is 0.326 e. The Morgan fingerprint density at radius 3 is 2.45 bits per heavy atom. The molecule has 124 valence electrons. The molecule has 22 heavy (non-hydrogen) atoms. The molecule has 0 aliphatic heterocycles. The number of aliphatic carboxylic acids is 1. The molecule has 0 fully saturated rings. The van der Waals surface area contributed by atoms with Gasteiger partial charge in [-0.15, -0.1) is 0 Å². The summed E-state index contributed by atoms with van der Waals surface area (Å²) in [6.45, 7) is 1.81. The molecular weight excluding hydrogens is 310 g/mol. The van der Waals surface area contributed by atoms with Gasteiger partial charge in [0.1, 0.15) is 16.6 Å². The van der Waals surface area contributed by atoms with Gasteiger partial charge in [0.15, 0.2) is 0 Å². The lowest BCUT2D eigenvalue weighted by molar-refractivity contribution is -0.139. The van der Waals surface area contributed by atoms with Gasteiger partial charge < -0.3 is 15.0 Å². The first-order chi connectivity index (χ1) is 10.1. The van der Waals surface area contributed by atoms with Crippen LogP contribution in [-0.4, -0.2) is 54.4 Å². The van der Waals surface area contributed by atoms with Gasteiger partial charge in [-0.3, -0.25) is 4.79 Å². The second kappa shape index (κ2) is 6.93. The molecule has 1 amide bonds. The van der Waals surface area contributed by atoms with Gasteiger partial charge in [0.2, 0.25) is 10.0 Å². The molecule has 0 aliphatic rings. The number of rotatable bonds is 7. The van der Waals surface area contributed by atoms with E-state index in [1.54, 1.807) is 0 Å². The molecule has 1 aromatic rings. The molecule has 0 aromatic carbocycles. The highest BCUT2D eigenvalue weighted by molar-refractivity contribution is 7.89. The quantitative estimate of drug-likeness (QED) is 0.745. The largest absolute Gasteiger partial charge is 0.480 e. The van der Waals surface area contributed by atoms with E-state index in [1.807, 2.05) is 6.92 Å². The molecule has 1 atom stereocenters. The van der Waals surface area contributed by atoms with Crippen molar-refractivity contribution >= 4 is 21.9 Å². The summed E-state index contributed by atoms with van der Waals surface area (Å²) in [4.78, 5) is 23.2. The van der Waals surface area contributed by atoms with E-state index in [0.717, 1.165) is 4.31 Å². The molecule has 9 heteroatoms. The third-order valence-corrected chi connectivity index (χ3v) is 4.95. The Hall–Kier alpha value is -1.87. The van der Waals surface area contributed by atoms with Crippen molar-refractivity contribution in [2.45, 2.75) is 30.7 Å². The van der Waals surface area contributed by atoms with Crippen LogP contribution < -0.4 is 5.32 Å². The van der Waals surface area contributed by atoms with Gasteiger partial charge in [-0.25, -0.2) is 17.5 Å². The Kier molecular flexibility index (Phi) is 5.72. The van der Waals surface area contributed by atoms with Crippen molar-refractivity contribution in [2.24, 2.45) is 7.05 Å². The van der Waals surface area contributed by atoms with Gasteiger partial charge in [-0.2, -0.15) is 0 Å². The van der Waals surface area contributed by atoms with Gasteiger partial charge in [0.25, 0.3) is 5.91 Å². The van der Waals surface area contributed by atoms with Gasteiger partial charge in [-0.1, -0.05) is 13.3 Å². The monoisotopic (exact) mass is 331 g/mol. The number of sulfonamides is 1. The summed E-state index contributed by atoms with van der Waals surface area (Å²) < 4.78 is 26.5. The van der Waals surface area contributed by atoms with Crippen molar-refractivity contribution in [2.75, 3.05) is 14.1 Å². The first-order valence-corrected chi connectivity index (χ1v) is 8.17. The Balaban J connectivity index is 3.06. The first-order valence-electron chi connectivity index (χ1n) is 6.73. The zero-order chi connectivity index (χ0) is 17.1. The Morgan fingerprint density at radius 1 is 1.41 bits per heavy atom.